The van der Waals surface area contributed by atoms with E-state index in [1.165, 1.54) is 0 Å². The molecule has 1 aromatic carbocycles. The van der Waals surface area contributed by atoms with Gasteiger partial charge in [-0.05, 0) is 23.8 Å². The summed E-state index contributed by atoms with van der Waals surface area (Å²) in [6, 6.07) is 5.58. The topological polar surface area (TPSA) is 71.5 Å². The van der Waals surface area contributed by atoms with Gasteiger partial charge >= 0.3 is 0 Å². The molecule has 0 aliphatic heterocycles. The molecule has 0 unspecified atom stereocenters. The van der Waals surface area contributed by atoms with E-state index in [4.69, 9.17) is 19.9 Å². The first kappa shape index (κ1) is 14.2. The van der Waals surface area contributed by atoms with Crippen molar-refractivity contribution in [2.45, 2.75) is 13.2 Å². The van der Waals surface area contributed by atoms with Crippen molar-refractivity contribution in [3.05, 3.63) is 35.7 Å². The highest BCUT2D eigenvalue weighted by Crippen LogP contribution is 2.38. The molecule has 0 bridgehead atoms. The lowest BCUT2D eigenvalue weighted by atomic mass is 10.2. The number of benzene rings is 1. The standard InChI is InChI=1S/C14H19N3O3/c1-17-5-4-11(16-17)9-20-14-12(18-2)6-10(8-15)7-13(14)19-3/h4-7H,8-9,15H2,1-3H3. The Hall–Kier alpha value is -2.21. The van der Waals surface area contributed by atoms with Crippen molar-refractivity contribution < 1.29 is 14.2 Å². The number of aromatic nitrogens is 2. The van der Waals surface area contributed by atoms with Crippen LogP contribution in [0.5, 0.6) is 17.2 Å². The Balaban J connectivity index is 2.24. The molecule has 0 spiro atoms. The Morgan fingerprint density at radius 2 is 1.85 bits per heavy atom. The molecule has 0 saturated heterocycles. The summed E-state index contributed by atoms with van der Waals surface area (Å²) in [4.78, 5) is 0. The number of nitrogens with two attached hydrogens (primary N) is 1. The number of ether oxygens (including phenoxy) is 3. The van der Waals surface area contributed by atoms with E-state index in [-0.39, 0.29) is 0 Å². The Morgan fingerprint density at radius 3 is 2.30 bits per heavy atom. The third-order valence-electron chi connectivity index (χ3n) is 2.89. The zero-order valence-electron chi connectivity index (χ0n) is 11.9. The van der Waals surface area contributed by atoms with Gasteiger partial charge in [0.2, 0.25) is 5.75 Å². The van der Waals surface area contributed by atoms with Crippen LogP contribution in [0.2, 0.25) is 0 Å². The van der Waals surface area contributed by atoms with Gasteiger partial charge in [0.25, 0.3) is 0 Å². The molecule has 0 atom stereocenters. The number of nitrogens with zero attached hydrogens (tertiary/aromatic N) is 2. The van der Waals surface area contributed by atoms with Gasteiger partial charge in [-0.2, -0.15) is 5.10 Å². The Bertz CT molecular complexity index is 556. The molecule has 20 heavy (non-hydrogen) atoms. The summed E-state index contributed by atoms with van der Waals surface area (Å²) in [5.74, 6) is 1.75. The molecule has 2 aromatic rings. The third-order valence-corrected chi connectivity index (χ3v) is 2.89. The van der Waals surface area contributed by atoms with Crippen LogP contribution in [0, 0.1) is 0 Å². The number of aryl methyl sites for hydroxylation is 1. The van der Waals surface area contributed by atoms with Crippen LogP contribution in [0.25, 0.3) is 0 Å². The average Bonchev–Trinajstić information content (AvgIpc) is 2.89. The summed E-state index contributed by atoms with van der Waals surface area (Å²) >= 11 is 0. The van der Waals surface area contributed by atoms with Crippen LogP contribution in [-0.2, 0) is 20.2 Å². The summed E-state index contributed by atoms with van der Waals surface area (Å²) in [7, 11) is 5.03. The highest BCUT2D eigenvalue weighted by molar-refractivity contribution is 5.53. The summed E-state index contributed by atoms with van der Waals surface area (Å²) in [5, 5.41) is 4.26. The van der Waals surface area contributed by atoms with Crippen molar-refractivity contribution in [3.63, 3.8) is 0 Å². The highest BCUT2D eigenvalue weighted by atomic mass is 16.5. The minimum absolute atomic E-state index is 0.343. The molecule has 2 rings (SSSR count). The van der Waals surface area contributed by atoms with Crippen molar-refractivity contribution in [2.24, 2.45) is 12.8 Å². The first-order chi connectivity index (χ1) is 9.67. The predicted octanol–water partition coefficient (Wildman–Crippen LogP) is 1.48. The summed E-state index contributed by atoms with van der Waals surface area (Å²) in [5.41, 5.74) is 7.40. The van der Waals surface area contributed by atoms with Gasteiger partial charge in [0.1, 0.15) is 6.61 Å². The van der Waals surface area contributed by atoms with Crippen LogP contribution in [0.4, 0.5) is 0 Å². The molecule has 0 aliphatic rings. The smallest absolute Gasteiger partial charge is 0.203 e. The van der Waals surface area contributed by atoms with Gasteiger partial charge in [0.15, 0.2) is 11.5 Å². The fourth-order valence-corrected chi connectivity index (χ4v) is 1.88. The summed E-state index contributed by atoms with van der Waals surface area (Å²) in [6.07, 6.45) is 1.87. The van der Waals surface area contributed by atoms with Gasteiger partial charge in [0.05, 0.1) is 19.9 Å². The second kappa shape index (κ2) is 6.29. The zero-order chi connectivity index (χ0) is 14.5. The number of rotatable bonds is 6. The van der Waals surface area contributed by atoms with E-state index in [1.807, 2.05) is 31.4 Å². The lowest BCUT2D eigenvalue weighted by Gasteiger charge is -2.15. The molecule has 6 nitrogen and oxygen atoms in total. The fourth-order valence-electron chi connectivity index (χ4n) is 1.88. The molecule has 1 aromatic heterocycles. The van der Waals surface area contributed by atoms with Crippen molar-refractivity contribution >= 4 is 0 Å². The van der Waals surface area contributed by atoms with Crippen molar-refractivity contribution in [2.75, 3.05) is 14.2 Å². The fraction of sp³-hybridized carbons (Fsp3) is 0.357. The zero-order valence-corrected chi connectivity index (χ0v) is 11.9. The minimum atomic E-state index is 0.343. The summed E-state index contributed by atoms with van der Waals surface area (Å²) in [6.45, 7) is 0.753. The quantitative estimate of drug-likeness (QED) is 0.865. The van der Waals surface area contributed by atoms with Crippen LogP contribution in [0.3, 0.4) is 0 Å². The van der Waals surface area contributed by atoms with Crippen LogP contribution in [0.1, 0.15) is 11.3 Å². The maximum absolute atomic E-state index is 5.78. The lowest BCUT2D eigenvalue weighted by Crippen LogP contribution is -2.04. The van der Waals surface area contributed by atoms with Crippen LogP contribution < -0.4 is 19.9 Å². The molecular formula is C14H19N3O3. The molecule has 6 heteroatoms. The first-order valence-electron chi connectivity index (χ1n) is 6.24. The van der Waals surface area contributed by atoms with Gasteiger partial charge in [-0.25, -0.2) is 0 Å². The van der Waals surface area contributed by atoms with Crippen LogP contribution >= 0.6 is 0 Å². The first-order valence-corrected chi connectivity index (χ1v) is 6.24. The Kier molecular flexibility index (Phi) is 4.47. The van der Waals surface area contributed by atoms with Crippen LogP contribution in [0.15, 0.2) is 24.4 Å². The Labute approximate surface area is 118 Å². The van der Waals surface area contributed by atoms with E-state index in [1.54, 1.807) is 18.9 Å². The van der Waals surface area contributed by atoms with E-state index in [9.17, 15) is 0 Å². The monoisotopic (exact) mass is 277 g/mol. The molecule has 0 aliphatic carbocycles. The number of hydrogen-bond acceptors (Lipinski definition) is 5. The maximum atomic E-state index is 5.78. The third kappa shape index (κ3) is 3.03. The van der Waals surface area contributed by atoms with Crippen LogP contribution in [-0.4, -0.2) is 24.0 Å². The number of hydrogen-bond donors (Lipinski definition) is 1. The molecule has 0 amide bonds. The second-order valence-electron chi connectivity index (χ2n) is 4.30. The van der Waals surface area contributed by atoms with E-state index >= 15 is 0 Å². The number of methoxy groups -OCH3 is 2. The molecule has 2 N–H and O–H groups in total. The maximum Gasteiger partial charge on any atom is 0.203 e. The van der Waals surface area contributed by atoms with Crippen molar-refractivity contribution in [3.8, 4) is 17.2 Å². The lowest BCUT2D eigenvalue weighted by molar-refractivity contribution is 0.261. The highest BCUT2D eigenvalue weighted by Gasteiger charge is 2.14. The summed E-state index contributed by atoms with van der Waals surface area (Å²) < 4.78 is 18.2. The molecule has 108 valence electrons. The molecular weight excluding hydrogens is 258 g/mol. The Morgan fingerprint density at radius 1 is 1.20 bits per heavy atom. The minimum Gasteiger partial charge on any atom is -0.493 e. The molecule has 1 heterocycles. The van der Waals surface area contributed by atoms with E-state index < -0.39 is 0 Å². The van der Waals surface area contributed by atoms with Gasteiger partial charge in [-0.3, -0.25) is 4.68 Å². The molecule has 0 fully saturated rings. The molecule has 0 radical (unpaired) electrons. The van der Waals surface area contributed by atoms with Crippen molar-refractivity contribution in [1.29, 1.82) is 0 Å². The molecule has 0 saturated carbocycles. The predicted molar refractivity (Wildman–Crippen MR) is 75.0 cm³/mol. The van der Waals surface area contributed by atoms with Gasteiger partial charge in [-0.15, -0.1) is 0 Å². The largest absolute Gasteiger partial charge is 0.493 e. The van der Waals surface area contributed by atoms with Gasteiger partial charge < -0.3 is 19.9 Å². The van der Waals surface area contributed by atoms with E-state index in [0.29, 0.717) is 30.4 Å². The normalized spacial score (nSPS) is 10.4. The van der Waals surface area contributed by atoms with Crippen molar-refractivity contribution in [1.82, 2.24) is 9.78 Å². The van der Waals surface area contributed by atoms with E-state index in [0.717, 1.165) is 11.3 Å². The van der Waals surface area contributed by atoms with Gasteiger partial charge in [0, 0.05) is 19.8 Å². The second-order valence-corrected chi connectivity index (χ2v) is 4.30. The van der Waals surface area contributed by atoms with E-state index in [2.05, 4.69) is 5.10 Å². The SMILES string of the molecule is COc1cc(CN)cc(OC)c1OCc1ccn(C)n1. The van der Waals surface area contributed by atoms with Gasteiger partial charge in [-0.1, -0.05) is 0 Å². The average molecular weight is 277 g/mol.